The minimum atomic E-state index is -0.598. The molecule has 0 spiro atoms. The van der Waals surface area contributed by atoms with Gasteiger partial charge in [0.05, 0.1) is 45.1 Å². The largest absolute Gasteiger partial charge is 0.466 e. The third-order valence-corrected chi connectivity index (χ3v) is 8.10. The topological polar surface area (TPSA) is 173 Å². The first-order valence-corrected chi connectivity index (χ1v) is 15.3. The van der Waals surface area contributed by atoms with Crippen molar-refractivity contribution in [3.8, 4) is 0 Å². The van der Waals surface area contributed by atoms with Crippen LogP contribution >= 0.6 is 11.8 Å². The number of hydrogen-bond acceptors (Lipinski definition) is 9. The van der Waals surface area contributed by atoms with E-state index >= 15 is 0 Å². The molecule has 2 saturated heterocycles. The van der Waals surface area contributed by atoms with E-state index < -0.39 is 11.9 Å². The molecule has 0 saturated carbocycles. The molecule has 5 N–H and O–H groups in total. The fourth-order valence-electron chi connectivity index (χ4n) is 4.54. The van der Waals surface area contributed by atoms with Gasteiger partial charge in [0.25, 0.3) is 5.91 Å². The highest BCUT2D eigenvalue weighted by Crippen LogP contribution is 2.33. The number of unbranched alkanes of at least 4 members (excludes halogenated alkanes) is 1. The van der Waals surface area contributed by atoms with E-state index in [9.17, 15) is 24.0 Å². The number of amides is 5. The summed E-state index contributed by atoms with van der Waals surface area (Å²) < 4.78 is 15.7. The molecule has 1 aromatic carbocycles. The number of carbonyl (C=O) groups excluding carboxylic acids is 5. The zero-order valence-electron chi connectivity index (χ0n) is 23.9. The van der Waals surface area contributed by atoms with Gasteiger partial charge in [-0.05, 0) is 44.0 Å². The summed E-state index contributed by atoms with van der Waals surface area (Å²) in [5, 5.41) is 14.5. The Hall–Kier alpha value is -3.36. The van der Waals surface area contributed by atoms with E-state index in [4.69, 9.17) is 14.2 Å². The molecule has 0 radical (unpaired) electrons. The Bertz CT molecular complexity index is 1060. The minimum absolute atomic E-state index is 0.00627. The summed E-state index contributed by atoms with van der Waals surface area (Å²) in [5.41, 5.74) is 0.891. The number of esters is 1. The molecule has 5 amide bonds. The lowest BCUT2D eigenvalue weighted by Crippen LogP contribution is -2.36. The van der Waals surface area contributed by atoms with Gasteiger partial charge in [-0.15, -0.1) is 0 Å². The van der Waals surface area contributed by atoms with E-state index in [1.807, 2.05) is 11.8 Å². The maximum atomic E-state index is 12.3. The van der Waals surface area contributed by atoms with Gasteiger partial charge in [0.1, 0.15) is 6.42 Å². The van der Waals surface area contributed by atoms with E-state index in [-0.39, 0.29) is 43.0 Å². The van der Waals surface area contributed by atoms with Crippen molar-refractivity contribution in [3.63, 3.8) is 0 Å². The minimum Gasteiger partial charge on any atom is -0.466 e. The average Bonchev–Trinajstić information content (AvgIpc) is 3.51. The lowest BCUT2D eigenvalue weighted by Gasteiger charge is -2.16. The predicted molar refractivity (Wildman–Crippen MR) is 157 cm³/mol. The van der Waals surface area contributed by atoms with Gasteiger partial charge in [-0.1, -0.05) is 6.42 Å². The molecule has 13 nitrogen and oxygen atoms in total. The molecule has 42 heavy (non-hydrogen) atoms. The summed E-state index contributed by atoms with van der Waals surface area (Å²) in [7, 11) is 0. The summed E-state index contributed by atoms with van der Waals surface area (Å²) >= 11 is 1.88. The first kappa shape index (κ1) is 33.1. The second-order valence-electron chi connectivity index (χ2n) is 9.81. The summed E-state index contributed by atoms with van der Waals surface area (Å²) in [4.78, 5) is 58.9. The van der Waals surface area contributed by atoms with Crippen molar-refractivity contribution in [2.24, 2.45) is 0 Å². The third kappa shape index (κ3) is 11.9. The van der Waals surface area contributed by atoms with Crippen molar-refractivity contribution in [2.75, 3.05) is 57.2 Å². The van der Waals surface area contributed by atoms with Crippen molar-refractivity contribution in [3.05, 3.63) is 29.8 Å². The summed E-state index contributed by atoms with van der Waals surface area (Å²) in [6.07, 6.45) is 2.85. The lowest BCUT2D eigenvalue weighted by atomic mass is 10.0. The molecule has 14 heteroatoms. The van der Waals surface area contributed by atoms with E-state index in [1.165, 1.54) is 0 Å². The predicted octanol–water partition coefficient (Wildman–Crippen LogP) is 1.18. The Labute approximate surface area is 249 Å². The van der Waals surface area contributed by atoms with E-state index in [2.05, 4.69) is 26.6 Å². The molecule has 232 valence electrons. The number of carbonyl (C=O) groups is 5. The molecule has 2 fully saturated rings. The van der Waals surface area contributed by atoms with E-state index in [0.29, 0.717) is 62.4 Å². The summed E-state index contributed by atoms with van der Waals surface area (Å²) in [6, 6.07) is 6.66. The van der Waals surface area contributed by atoms with Crippen LogP contribution in [0, 0.1) is 0 Å². The highest BCUT2D eigenvalue weighted by molar-refractivity contribution is 8.00. The van der Waals surface area contributed by atoms with Gasteiger partial charge >= 0.3 is 12.0 Å². The highest BCUT2D eigenvalue weighted by Gasteiger charge is 2.42. The number of anilines is 1. The lowest BCUT2D eigenvalue weighted by molar-refractivity contribution is -0.145. The van der Waals surface area contributed by atoms with Gasteiger partial charge in [0.2, 0.25) is 11.8 Å². The van der Waals surface area contributed by atoms with Crippen molar-refractivity contribution in [1.82, 2.24) is 21.3 Å². The Kier molecular flexibility index (Phi) is 14.4. The maximum absolute atomic E-state index is 12.3. The van der Waals surface area contributed by atoms with E-state index in [1.54, 1.807) is 31.2 Å². The van der Waals surface area contributed by atoms with Crippen LogP contribution < -0.4 is 26.6 Å². The molecule has 0 bridgehead atoms. The van der Waals surface area contributed by atoms with Gasteiger partial charge in [0.15, 0.2) is 0 Å². The first-order valence-electron chi connectivity index (χ1n) is 14.3. The van der Waals surface area contributed by atoms with Gasteiger partial charge in [-0.3, -0.25) is 19.2 Å². The molecule has 2 aliphatic rings. The van der Waals surface area contributed by atoms with Crippen molar-refractivity contribution < 1.29 is 38.2 Å². The van der Waals surface area contributed by atoms with Crippen LogP contribution in [0.2, 0.25) is 0 Å². The average molecular weight is 608 g/mol. The third-order valence-electron chi connectivity index (χ3n) is 6.59. The van der Waals surface area contributed by atoms with Crippen molar-refractivity contribution >= 4 is 47.2 Å². The standard InChI is InChI=1S/C28H41N5O8S/c1-2-41-25(36)17-24(35)31-20-9-7-19(8-10-20)27(37)30-12-14-40-16-15-39-13-11-29-23(34)6-4-3-5-22-26-21(18-42-22)32-28(38)33-26/h7-10,21-22,26H,2-6,11-18H2,1H3,(H,29,34)(H,30,37)(H,31,35)(H2,32,33,38)/t21-,22+,26+/m1/s1. The summed E-state index contributed by atoms with van der Waals surface area (Å²) in [5.74, 6) is -0.416. The normalized spacial score (nSPS) is 18.9. The van der Waals surface area contributed by atoms with E-state index in [0.717, 1.165) is 25.0 Å². The van der Waals surface area contributed by atoms with Gasteiger partial charge in [0, 0.05) is 41.8 Å². The van der Waals surface area contributed by atoms with Crippen molar-refractivity contribution in [2.45, 2.75) is 56.4 Å². The molecule has 2 heterocycles. The van der Waals surface area contributed by atoms with Crippen LogP contribution in [0.15, 0.2) is 24.3 Å². The number of nitrogens with one attached hydrogen (secondary N) is 5. The Balaban J connectivity index is 1.11. The van der Waals surface area contributed by atoms with Crippen LogP contribution in [-0.2, 0) is 28.6 Å². The molecule has 0 unspecified atom stereocenters. The molecular formula is C28H41N5O8S. The molecule has 3 rings (SSSR count). The molecule has 0 aliphatic carbocycles. The molecule has 3 atom stereocenters. The quantitative estimate of drug-likeness (QED) is 0.0670. The van der Waals surface area contributed by atoms with Gasteiger partial charge in [-0.25, -0.2) is 4.79 Å². The number of urea groups is 1. The fourth-order valence-corrected chi connectivity index (χ4v) is 6.08. The van der Waals surface area contributed by atoms with Crippen LogP contribution in [0.3, 0.4) is 0 Å². The highest BCUT2D eigenvalue weighted by atomic mass is 32.2. The van der Waals surface area contributed by atoms with Crippen molar-refractivity contribution in [1.29, 1.82) is 0 Å². The second-order valence-corrected chi connectivity index (χ2v) is 11.1. The van der Waals surface area contributed by atoms with Gasteiger partial charge < -0.3 is 40.8 Å². The molecular weight excluding hydrogens is 566 g/mol. The number of hydrogen-bond donors (Lipinski definition) is 5. The molecule has 2 aliphatic heterocycles. The van der Waals surface area contributed by atoms with Crippen LogP contribution in [-0.4, -0.2) is 98.9 Å². The SMILES string of the molecule is CCOC(=O)CC(=O)Nc1ccc(C(=O)NCCOCCOCCNC(=O)CCCC[C@@H]2SC[C@H]3NC(=O)N[C@H]23)cc1. The maximum Gasteiger partial charge on any atom is 0.315 e. The molecule has 1 aromatic rings. The monoisotopic (exact) mass is 607 g/mol. The molecule has 0 aromatic heterocycles. The Morgan fingerprint density at radius 2 is 1.64 bits per heavy atom. The van der Waals surface area contributed by atoms with Crippen LogP contribution in [0.4, 0.5) is 10.5 Å². The number of ether oxygens (including phenoxy) is 3. The number of thioether (sulfide) groups is 1. The second kappa shape index (κ2) is 18.2. The number of rotatable bonds is 19. The zero-order chi connectivity index (χ0) is 30.2. The van der Waals surface area contributed by atoms with Crippen LogP contribution in [0.25, 0.3) is 0 Å². The number of benzene rings is 1. The smallest absolute Gasteiger partial charge is 0.315 e. The zero-order valence-corrected chi connectivity index (χ0v) is 24.7. The fraction of sp³-hybridized carbons (Fsp3) is 0.607. The Morgan fingerprint density at radius 1 is 0.929 bits per heavy atom. The Morgan fingerprint density at radius 3 is 2.36 bits per heavy atom. The first-order chi connectivity index (χ1) is 20.4. The van der Waals surface area contributed by atoms with Crippen LogP contribution in [0.5, 0.6) is 0 Å². The van der Waals surface area contributed by atoms with Gasteiger partial charge in [-0.2, -0.15) is 11.8 Å². The summed E-state index contributed by atoms with van der Waals surface area (Å²) in [6.45, 7) is 4.07. The number of fused-ring (bicyclic) bond motifs is 1. The van der Waals surface area contributed by atoms with Crippen LogP contribution in [0.1, 0.15) is 49.4 Å².